The van der Waals surface area contributed by atoms with E-state index in [0.29, 0.717) is 23.4 Å². The number of methoxy groups -OCH3 is 1. The molecule has 8 heteroatoms. The van der Waals surface area contributed by atoms with Crippen LogP contribution in [0.25, 0.3) is 0 Å². The van der Waals surface area contributed by atoms with E-state index >= 15 is 0 Å². The second-order valence-corrected chi connectivity index (χ2v) is 4.61. The first-order valence-corrected chi connectivity index (χ1v) is 6.85. The molecule has 0 aliphatic carbocycles. The van der Waals surface area contributed by atoms with Crippen LogP contribution in [0.15, 0.2) is 22.7 Å². The molecule has 23 heavy (non-hydrogen) atoms. The Morgan fingerprint density at radius 1 is 1.39 bits per heavy atom. The monoisotopic (exact) mass is 326 g/mol. The van der Waals surface area contributed by atoms with E-state index < -0.39 is 12.5 Å². The van der Waals surface area contributed by atoms with Crippen molar-refractivity contribution in [2.45, 2.75) is 26.9 Å². The number of aromatic nitrogens is 1. The molecule has 1 amide bonds. The molecule has 0 fully saturated rings. The molecule has 0 radical (unpaired) electrons. The Kier molecular flexibility index (Phi) is 5.15. The van der Waals surface area contributed by atoms with E-state index in [1.165, 1.54) is 25.3 Å². The maximum atomic E-state index is 12.4. The molecule has 2 rings (SSSR count). The van der Waals surface area contributed by atoms with Gasteiger partial charge in [-0.15, -0.1) is 0 Å². The molecule has 0 bridgehead atoms. The van der Waals surface area contributed by atoms with E-state index in [0.717, 1.165) is 0 Å². The van der Waals surface area contributed by atoms with E-state index in [1.54, 1.807) is 6.92 Å². The molecule has 0 aliphatic heterocycles. The van der Waals surface area contributed by atoms with Gasteiger partial charge in [0.25, 0.3) is 5.91 Å². The number of amides is 1. The summed E-state index contributed by atoms with van der Waals surface area (Å²) in [5, 5.41) is 6.41. The lowest BCUT2D eigenvalue weighted by molar-refractivity contribution is -0.0511. The first-order chi connectivity index (χ1) is 11.0. The van der Waals surface area contributed by atoms with Crippen LogP contribution < -0.4 is 14.8 Å². The van der Waals surface area contributed by atoms with E-state index in [2.05, 4.69) is 15.2 Å². The molecule has 0 saturated heterocycles. The largest absolute Gasteiger partial charge is 0.493 e. The summed E-state index contributed by atoms with van der Waals surface area (Å²) in [6.45, 7) is 0.470. The van der Waals surface area contributed by atoms with Gasteiger partial charge in [0.15, 0.2) is 11.5 Å². The van der Waals surface area contributed by atoms with Gasteiger partial charge < -0.3 is 19.3 Å². The van der Waals surface area contributed by atoms with Gasteiger partial charge in [-0.25, -0.2) is 0 Å². The number of anilines is 1. The van der Waals surface area contributed by atoms with Crippen LogP contribution in [0.1, 0.15) is 28.7 Å². The van der Waals surface area contributed by atoms with Crippen LogP contribution in [-0.4, -0.2) is 24.8 Å². The Morgan fingerprint density at radius 2 is 2.13 bits per heavy atom. The summed E-state index contributed by atoms with van der Waals surface area (Å²) >= 11 is 0. The second kappa shape index (κ2) is 7.08. The van der Waals surface area contributed by atoms with Crippen LogP contribution in [0.4, 0.5) is 14.5 Å². The zero-order valence-corrected chi connectivity index (χ0v) is 12.9. The average Bonchev–Trinajstić information content (AvgIpc) is 2.88. The summed E-state index contributed by atoms with van der Waals surface area (Å²) in [7, 11) is 1.33. The first-order valence-electron chi connectivity index (χ1n) is 6.85. The highest BCUT2D eigenvalue weighted by Gasteiger charge is 2.20. The van der Waals surface area contributed by atoms with Crippen LogP contribution >= 0.6 is 0 Å². The molecule has 1 heterocycles. The van der Waals surface area contributed by atoms with Gasteiger partial charge >= 0.3 is 6.61 Å². The van der Waals surface area contributed by atoms with Crippen molar-refractivity contribution in [2.75, 3.05) is 12.4 Å². The summed E-state index contributed by atoms with van der Waals surface area (Å²) in [6.07, 6.45) is 0.530. The van der Waals surface area contributed by atoms with Crippen LogP contribution in [0.2, 0.25) is 0 Å². The van der Waals surface area contributed by atoms with Crippen molar-refractivity contribution >= 4 is 11.6 Å². The van der Waals surface area contributed by atoms with Crippen LogP contribution in [0, 0.1) is 6.92 Å². The minimum absolute atomic E-state index is 0.138. The highest BCUT2D eigenvalue weighted by atomic mass is 19.3. The normalized spacial score (nSPS) is 10.7. The van der Waals surface area contributed by atoms with Crippen molar-refractivity contribution in [3.05, 3.63) is 35.2 Å². The molecular formula is C15H16F2N2O4. The van der Waals surface area contributed by atoms with Gasteiger partial charge in [-0.2, -0.15) is 8.78 Å². The van der Waals surface area contributed by atoms with Gasteiger partial charge in [-0.3, -0.25) is 4.79 Å². The number of benzene rings is 1. The number of hydrogen-bond acceptors (Lipinski definition) is 5. The number of rotatable bonds is 6. The zero-order valence-electron chi connectivity index (χ0n) is 12.9. The highest BCUT2D eigenvalue weighted by molar-refractivity contribution is 6.05. The zero-order chi connectivity index (χ0) is 17.0. The standard InChI is InChI=1S/C15H16F2N2O4/c1-4-10-13(8(2)23-19-10)14(20)18-9-5-6-11(21-3)12(7-9)22-15(16)17/h5-7,15H,4H2,1-3H3,(H,18,20). The SMILES string of the molecule is CCc1noc(C)c1C(=O)Nc1ccc(OC)c(OC(F)F)c1. The fourth-order valence-electron chi connectivity index (χ4n) is 2.09. The number of hydrogen-bond donors (Lipinski definition) is 1. The number of aryl methyl sites for hydroxylation is 2. The quantitative estimate of drug-likeness (QED) is 0.880. The van der Waals surface area contributed by atoms with Crippen molar-refractivity contribution in [1.29, 1.82) is 0 Å². The molecule has 0 atom stereocenters. The topological polar surface area (TPSA) is 73.6 Å². The Bertz CT molecular complexity index is 701. The summed E-state index contributed by atoms with van der Waals surface area (Å²) in [6, 6.07) is 4.20. The van der Waals surface area contributed by atoms with Gasteiger partial charge in [-0.05, 0) is 25.5 Å². The molecule has 1 N–H and O–H groups in total. The number of carbonyl (C=O) groups is 1. The molecule has 1 aromatic heterocycles. The third kappa shape index (κ3) is 3.77. The third-order valence-corrected chi connectivity index (χ3v) is 3.13. The molecule has 1 aromatic carbocycles. The predicted octanol–water partition coefficient (Wildman–Crippen LogP) is 3.41. The molecule has 0 spiro atoms. The van der Waals surface area contributed by atoms with Crippen LogP contribution in [0.3, 0.4) is 0 Å². The molecule has 0 saturated carbocycles. The number of nitrogens with one attached hydrogen (secondary N) is 1. The van der Waals surface area contributed by atoms with Gasteiger partial charge in [-0.1, -0.05) is 12.1 Å². The number of nitrogens with zero attached hydrogens (tertiary/aromatic N) is 1. The van der Waals surface area contributed by atoms with Crippen molar-refractivity contribution in [1.82, 2.24) is 5.16 Å². The lowest BCUT2D eigenvalue weighted by atomic mass is 10.1. The summed E-state index contributed by atoms with van der Waals surface area (Å²) in [5.74, 6) is -0.0811. The van der Waals surface area contributed by atoms with E-state index in [-0.39, 0.29) is 17.2 Å². The molecule has 0 unspecified atom stereocenters. The fourth-order valence-corrected chi connectivity index (χ4v) is 2.09. The Hall–Kier alpha value is -2.64. The van der Waals surface area contributed by atoms with Crippen LogP contribution in [0.5, 0.6) is 11.5 Å². The van der Waals surface area contributed by atoms with E-state index in [9.17, 15) is 13.6 Å². The molecule has 124 valence electrons. The molecule has 6 nitrogen and oxygen atoms in total. The number of halogens is 2. The van der Waals surface area contributed by atoms with Gasteiger partial charge in [0.2, 0.25) is 0 Å². The van der Waals surface area contributed by atoms with Gasteiger partial charge in [0, 0.05) is 11.8 Å². The highest BCUT2D eigenvalue weighted by Crippen LogP contribution is 2.31. The smallest absolute Gasteiger partial charge is 0.387 e. The Balaban J connectivity index is 2.25. The number of carbonyl (C=O) groups excluding carboxylic acids is 1. The molecule has 2 aromatic rings. The Labute approximate surface area is 131 Å². The summed E-state index contributed by atoms with van der Waals surface area (Å²) < 4.78 is 39.2. The maximum Gasteiger partial charge on any atom is 0.387 e. The van der Waals surface area contributed by atoms with Crippen molar-refractivity contribution in [3.8, 4) is 11.5 Å². The maximum absolute atomic E-state index is 12.4. The van der Waals surface area contributed by atoms with Crippen LogP contribution in [-0.2, 0) is 6.42 Å². The minimum Gasteiger partial charge on any atom is -0.493 e. The average molecular weight is 326 g/mol. The predicted molar refractivity (Wildman–Crippen MR) is 78.2 cm³/mol. The van der Waals surface area contributed by atoms with Crippen molar-refractivity contribution < 1.29 is 27.6 Å². The van der Waals surface area contributed by atoms with Crippen molar-refractivity contribution in [3.63, 3.8) is 0 Å². The first kappa shape index (κ1) is 16.7. The lowest BCUT2D eigenvalue weighted by Crippen LogP contribution is -2.14. The molecular weight excluding hydrogens is 310 g/mol. The van der Waals surface area contributed by atoms with Crippen molar-refractivity contribution in [2.24, 2.45) is 0 Å². The number of alkyl halides is 2. The fraction of sp³-hybridized carbons (Fsp3) is 0.333. The third-order valence-electron chi connectivity index (χ3n) is 3.13. The Morgan fingerprint density at radius 3 is 2.74 bits per heavy atom. The van der Waals surface area contributed by atoms with Gasteiger partial charge in [0.1, 0.15) is 11.3 Å². The molecule has 0 aliphatic rings. The minimum atomic E-state index is -3.00. The van der Waals surface area contributed by atoms with E-state index in [4.69, 9.17) is 9.26 Å². The number of ether oxygens (including phenoxy) is 2. The lowest BCUT2D eigenvalue weighted by Gasteiger charge is -2.12. The summed E-state index contributed by atoms with van der Waals surface area (Å²) in [5.41, 5.74) is 1.14. The second-order valence-electron chi connectivity index (χ2n) is 4.61. The summed E-state index contributed by atoms with van der Waals surface area (Å²) in [4.78, 5) is 12.3. The van der Waals surface area contributed by atoms with Gasteiger partial charge in [0.05, 0.1) is 12.8 Å². The van der Waals surface area contributed by atoms with E-state index in [1.807, 2.05) is 6.92 Å².